The van der Waals surface area contributed by atoms with E-state index in [9.17, 15) is 4.79 Å². The Kier molecular flexibility index (Phi) is 11.9. The van der Waals surface area contributed by atoms with Crippen molar-refractivity contribution in [2.75, 3.05) is 6.61 Å². The normalized spacial score (nSPS) is 10.7. The zero-order valence-electron chi connectivity index (χ0n) is 15.3. The van der Waals surface area contributed by atoms with Gasteiger partial charge in [0.1, 0.15) is 5.75 Å². The molecule has 0 aromatic heterocycles. The van der Waals surface area contributed by atoms with E-state index >= 15 is 0 Å². The number of hydrogen-bond donors (Lipinski definition) is 1. The van der Waals surface area contributed by atoms with Gasteiger partial charge in [-0.3, -0.25) is 4.79 Å². The van der Waals surface area contributed by atoms with E-state index in [2.05, 4.69) is 13.0 Å². The SMILES string of the molecule is CCCCCCCCCCCCc1ccccc1OCCC(=O)O. The maximum atomic E-state index is 10.6. The lowest BCUT2D eigenvalue weighted by molar-refractivity contribution is -0.137. The van der Waals surface area contributed by atoms with Gasteiger partial charge in [-0.1, -0.05) is 82.9 Å². The second kappa shape index (κ2) is 13.9. The van der Waals surface area contributed by atoms with Gasteiger partial charge in [-0.2, -0.15) is 0 Å². The summed E-state index contributed by atoms with van der Waals surface area (Å²) in [6.07, 6.45) is 14.4. The molecule has 0 atom stereocenters. The number of ether oxygens (including phenoxy) is 1. The molecule has 1 aromatic carbocycles. The van der Waals surface area contributed by atoms with Crippen LogP contribution in [0.25, 0.3) is 0 Å². The molecule has 0 fully saturated rings. The molecule has 0 saturated heterocycles. The fourth-order valence-electron chi connectivity index (χ4n) is 2.90. The lowest BCUT2D eigenvalue weighted by Gasteiger charge is -2.10. The van der Waals surface area contributed by atoms with Crippen LogP contribution in [-0.2, 0) is 11.2 Å². The third-order valence-corrected chi connectivity index (χ3v) is 4.35. The smallest absolute Gasteiger partial charge is 0.306 e. The monoisotopic (exact) mass is 334 g/mol. The zero-order chi connectivity index (χ0) is 17.5. The van der Waals surface area contributed by atoms with E-state index in [0.29, 0.717) is 0 Å². The molecular formula is C21H34O3. The Bertz CT molecular complexity index is 442. The summed E-state index contributed by atoms with van der Waals surface area (Å²) < 4.78 is 5.61. The summed E-state index contributed by atoms with van der Waals surface area (Å²) in [5.41, 5.74) is 1.20. The van der Waals surface area contributed by atoms with Gasteiger partial charge in [-0.05, 0) is 24.5 Å². The van der Waals surface area contributed by atoms with Crippen LogP contribution in [0.15, 0.2) is 24.3 Å². The van der Waals surface area contributed by atoms with Gasteiger partial charge in [0.15, 0.2) is 0 Å². The Morgan fingerprint density at radius 1 is 0.917 bits per heavy atom. The molecule has 0 radical (unpaired) electrons. The van der Waals surface area contributed by atoms with Gasteiger partial charge in [-0.25, -0.2) is 0 Å². The highest BCUT2D eigenvalue weighted by atomic mass is 16.5. The lowest BCUT2D eigenvalue weighted by atomic mass is 10.0. The van der Waals surface area contributed by atoms with Crippen LogP contribution < -0.4 is 4.74 Å². The van der Waals surface area contributed by atoms with Crippen LogP contribution in [-0.4, -0.2) is 17.7 Å². The molecule has 0 amide bonds. The Balaban J connectivity index is 2.11. The van der Waals surface area contributed by atoms with Gasteiger partial charge in [0, 0.05) is 0 Å². The first-order valence-electron chi connectivity index (χ1n) is 9.66. The van der Waals surface area contributed by atoms with E-state index in [-0.39, 0.29) is 13.0 Å². The minimum Gasteiger partial charge on any atom is -0.493 e. The van der Waals surface area contributed by atoms with Crippen molar-refractivity contribution in [3.63, 3.8) is 0 Å². The van der Waals surface area contributed by atoms with E-state index < -0.39 is 5.97 Å². The van der Waals surface area contributed by atoms with E-state index in [1.165, 1.54) is 69.8 Å². The van der Waals surface area contributed by atoms with E-state index in [1.807, 2.05) is 18.2 Å². The molecule has 0 aliphatic rings. The molecule has 136 valence electrons. The Morgan fingerprint density at radius 2 is 1.50 bits per heavy atom. The number of carboxylic acid groups (broad SMARTS) is 1. The van der Waals surface area contributed by atoms with Crippen LogP contribution in [0.4, 0.5) is 0 Å². The van der Waals surface area contributed by atoms with Crippen molar-refractivity contribution in [1.82, 2.24) is 0 Å². The summed E-state index contributed by atoms with van der Waals surface area (Å²) in [5, 5.41) is 8.69. The van der Waals surface area contributed by atoms with Gasteiger partial charge in [-0.15, -0.1) is 0 Å². The molecule has 3 nitrogen and oxygen atoms in total. The minimum absolute atomic E-state index is 0.0482. The molecule has 0 saturated carbocycles. The number of aryl methyl sites for hydroxylation is 1. The summed E-state index contributed by atoms with van der Waals surface area (Å²) in [5.74, 6) is 0.0249. The summed E-state index contributed by atoms with van der Waals surface area (Å²) >= 11 is 0. The van der Waals surface area contributed by atoms with Crippen LogP contribution in [0.1, 0.15) is 83.1 Å². The number of benzene rings is 1. The fraction of sp³-hybridized carbons (Fsp3) is 0.667. The Labute approximate surface area is 147 Å². The molecule has 1 N–H and O–H groups in total. The molecule has 0 unspecified atom stereocenters. The second-order valence-electron chi connectivity index (χ2n) is 6.53. The quantitative estimate of drug-likeness (QED) is 0.400. The highest BCUT2D eigenvalue weighted by molar-refractivity contribution is 5.66. The maximum absolute atomic E-state index is 10.6. The zero-order valence-corrected chi connectivity index (χ0v) is 15.3. The average Bonchev–Trinajstić information content (AvgIpc) is 2.57. The summed E-state index contributed by atoms with van der Waals surface area (Å²) in [6, 6.07) is 7.99. The Hall–Kier alpha value is -1.51. The molecule has 0 aliphatic carbocycles. The van der Waals surface area contributed by atoms with E-state index in [4.69, 9.17) is 9.84 Å². The third kappa shape index (κ3) is 10.3. The van der Waals surface area contributed by atoms with Crippen LogP contribution >= 0.6 is 0 Å². The standard InChI is InChI=1S/C21H34O3/c1-2-3-4-5-6-7-8-9-10-11-14-19-15-12-13-16-20(19)24-18-17-21(22)23/h12-13,15-16H,2-11,14,17-18H2,1H3,(H,22,23). The number of unbranched alkanes of at least 4 members (excludes halogenated alkanes) is 9. The van der Waals surface area contributed by atoms with Crippen molar-refractivity contribution >= 4 is 5.97 Å². The number of rotatable bonds is 15. The topological polar surface area (TPSA) is 46.5 Å². The van der Waals surface area contributed by atoms with Crippen molar-refractivity contribution < 1.29 is 14.6 Å². The summed E-state index contributed by atoms with van der Waals surface area (Å²) in [7, 11) is 0. The average molecular weight is 335 g/mol. The fourth-order valence-corrected chi connectivity index (χ4v) is 2.90. The lowest BCUT2D eigenvalue weighted by Crippen LogP contribution is -2.06. The van der Waals surface area contributed by atoms with Crippen LogP contribution in [0, 0.1) is 0 Å². The highest BCUT2D eigenvalue weighted by Gasteiger charge is 2.04. The van der Waals surface area contributed by atoms with Crippen LogP contribution in [0.3, 0.4) is 0 Å². The summed E-state index contributed by atoms with van der Waals surface area (Å²) in [6.45, 7) is 2.50. The number of para-hydroxylation sites is 1. The predicted octanol–water partition coefficient (Wildman–Crippen LogP) is 6.00. The van der Waals surface area contributed by atoms with Crippen molar-refractivity contribution in [3.05, 3.63) is 29.8 Å². The first-order valence-corrected chi connectivity index (χ1v) is 9.66. The molecule has 24 heavy (non-hydrogen) atoms. The maximum Gasteiger partial charge on any atom is 0.306 e. The summed E-state index contributed by atoms with van der Waals surface area (Å²) in [4.78, 5) is 10.6. The van der Waals surface area contributed by atoms with Gasteiger partial charge in [0.05, 0.1) is 13.0 Å². The number of carboxylic acids is 1. The van der Waals surface area contributed by atoms with Gasteiger partial charge < -0.3 is 9.84 Å². The van der Waals surface area contributed by atoms with Crippen LogP contribution in [0.2, 0.25) is 0 Å². The number of carbonyl (C=O) groups is 1. The molecular weight excluding hydrogens is 300 g/mol. The van der Waals surface area contributed by atoms with Crippen molar-refractivity contribution in [2.24, 2.45) is 0 Å². The van der Waals surface area contributed by atoms with Crippen LogP contribution in [0.5, 0.6) is 5.75 Å². The second-order valence-corrected chi connectivity index (χ2v) is 6.53. The molecule has 1 aromatic rings. The van der Waals surface area contributed by atoms with Gasteiger partial charge >= 0.3 is 5.97 Å². The molecule has 1 rings (SSSR count). The first-order chi connectivity index (χ1) is 11.7. The first kappa shape index (κ1) is 20.5. The van der Waals surface area contributed by atoms with Crippen molar-refractivity contribution in [2.45, 2.75) is 84.0 Å². The highest BCUT2D eigenvalue weighted by Crippen LogP contribution is 2.21. The van der Waals surface area contributed by atoms with Crippen molar-refractivity contribution in [3.8, 4) is 5.75 Å². The largest absolute Gasteiger partial charge is 0.493 e. The minimum atomic E-state index is -0.817. The van der Waals surface area contributed by atoms with Crippen molar-refractivity contribution in [1.29, 1.82) is 0 Å². The van der Waals surface area contributed by atoms with E-state index in [1.54, 1.807) is 0 Å². The van der Waals surface area contributed by atoms with Gasteiger partial charge in [0.25, 0.3) is 0 Å². The Morgan fingerprint density at radius 3 is 2.12 bits per heavy atom. The number of aliphatic carboxylic acids is 1. The molecule has 0 aliphatic heterocycles. The molecule has 0 bridgehead atoms. The predicted molar refractivity (Wildman–Crippen MR) is 99.7 cm³/mol. The van der Waals surface area contributed by atoms with E-state index in [0.717, 1.165) is 12.2 Å². The molecule has 3 heteroatoms. The molecule has 0 spiro atoms. The molecule has 0 heterocycles. The third-order valence-electron chi connectivity index (χ3n) is 4.35. The van der Waals surface area contributed by atoms with Gasteiger partial charge in [0.2, 0.25) is 0 Å². The number of hydrogen-bond acceptors (Lipinski definition) is 2.